The van der Waals surface area contributed by atoms with Gasteiger partial charge in [0.1, 0.15) is 11.5 Å². The quantitative estimate of drug-likeness (QED) is 0.359. The smallest absolute Gasteiger partial charge is 0.129 e. The van der Waals surface area contributed by atoms with Crippen molar-refractivity contribution >= 4 is 18.0 Å². The number of carbonyl (C=O) groups is 2. The van der Waals surface area contributed by atoms with Crippen LogP contribution >= 0.6 is 0 Å². The van der Waals surface area contributed by atoms with Crippen LogP contribution in [0.3, 0.4) is 0 Å². The summed E-state index contributed by atoms with van der Waals surface area (Å²) in [5.74, 6) is -1.45. The van der Waals surface area contributed by atoms with E-state index in [4.69, 9.17) is 9.47 Å². The number of aliphatic carboxylic acids is 2. The second-order valence-corrected chi connectivity index (χ2v) is 9.04. The first-order chi connectivity index (χ1) is 19.4. The Morgan fingerprint density at radius 1 is 0.800 bits per heavy atom. The minimum absolute atomic E-state index is 0.304. The van der Waals surface area contributed by atoms with Gasteiger partial charge in [-0.3, -0.25) is 9.80 Å². The van der Waals surface area contributed by atoms with E-state index >= 15 is 0 Å². The summed E-state index contributed by atoms with van der Waals surface area (Å²) in [7, 11) is 3.37. The van der Waals surface area contributed by atoms with E-state index in [1.54, 1.807) is 14.2 Å². The highest BCUT2D eigenvalue weighted by Crippen LogP contribution is 2.29. The fraction of sp³-hybridized carbons (Fsp3) is 0.250. The number of carboxylic acid groups (broad SMARTS) is 2. The minimum atomic E-state index is -1.55. The van der Waals surface area contributed by atoms with E-state index in [2.05, 4.69) is 82.6 Å². The summed E-state index contributed by atoms with van der Waals surface area (Å²) in [5.41, 5.74) is 3.79. The Bertz CT molecular complexity index is 1210. The third-order valence-electron chi connectivity index (χ3n) is 6.46. The maximum absolute atomic E-state index is 9.41. The highest BCUT2D eigenvalue weighted by Gasteiger charge is 2.25. The lowest BCUT2D eigenvalue weighted by molar-refractivity contribution is -0.301. The number of carboxylic acids is 2. The summed E-state index contributed by atoms with van der Waals surface area (Å²) in [5, 5.41) is 18.8. The molecule has 1 aliphatic heterocycles. The second kappa shape index (κ2) is 15.9. The van der Waals surface area contributed by atoms with Crippen LogP contribution in [0.1, 0.15) is 22.7 Å². The molecule has 40 heavy (non-hydrogen) atoms. The minimum Gasteiger partial charge on any atom is -0.545 e. The normalized spacial score (nSPS) is 14.2. The molecule has 0 atom stereocenters. The summed E-state index contributed by atoms with van der Waals surface area (Å²) in [4.78, 5) is 23.9. The molecular formula is C32H34N2O6-2. The first-order valence-corrected chi connectivity index (χ1v) is 13.0. The molecule has 0 N–H and O–H groups in total. The molecule has 3 aromatic rings. The average molecular weight is 543 g/mol. The van der Waals surface area contributed by atoms with Crippen LogP contribution in [0.5, 0.6) is 11.5 Å². The van der Waals surface area contributed by atoms with Gasteiger partial charge < -0.3 is 29.3 Å². The third-order valence-corrected chi connectivity index (χ3v) is 6.46. The molecule has 1 heterocycles. The molecule has 8 nitrogen and oxygen atoms in total. The summed E-state index contributed by atoms with van der Waals surface area (Å²) < 4.78 is 10.8. The molecule has 0 saturated carbocycles. The van der Waals surface area contributed by atoms with Gasteiger partial charge in [0.05, 0.1) is 32.2 Å². The number of nitrogens with zero attached hydrogens (tertiary/aromatic N) is 2. The van der Waals surface area contributed by atoms with Crippen molar-refractivity contribution in [1.29, 1.82) is 0 Å². The van der Waals surface area contributed by atoms with E-state index < -0.39 is 11.9 Å². The van der Waals surface area contributed by atoms with Gasteiger partial charge in [0.25, 0.3) is 0 Å². The SMILES string of the molecule is COc1ccc(C=CCN2CCN(C(c3ccccc3)c3ccccc3)CC2)c(OC)c1.O=C([O-])C=CC(=O)[O-]. The lowest BCUT2D eigenvalue weighted by atomic mass is 9.96. The fourth-order valence-corrected chi connectivity index (χ4v) is 4.51. The molecule has 1 fully saturated rings. The first-order valence-electron chi connectivity index (χ1n) is 13.0. The molecule has 8 heteroatoms. The van der Waals surface area contributed by atoms with Crippen LogP contribution in [0, 0.1) is 0 Å². The molecule has 1 aliphatic rings. The number of hydrogen-bond donors (Lipinski definition) is 0. The van der Waals surface area contributed by atoms with Crippen molar-refractivity contribution in [2.75, 3.05) is 46.9 Å². The molecule has 0 unspecified atom stereocenters. The maximum atomic E-state index is 9.41. The summed E-state index contributed by atoms with van der Waals surface area (Å²) in [6.45, 7) is 5.15. The Balaban J connectivity index is 0.000000482. The van der Waals surface area contributed by atoms with E-state index in [0.29, 0.717) is 18.2 Å². The number of piperazine rings is 1. The molecule has 4 rings (SSSR count). The fourth-order valence-electron chi connectivity index (χ4n) is 4.51. The van der Waals surface area contributed by atoms with Crippen LogP contribution in [-0.4, -0.2) is 68.7 Å². The van der Waals surface area contributed by atoms with E-state index in [-0.39, 0.29) is 0 Å². The zero-order valence-corrected chi connectivity index (χ0v) is 22.8. The topological polar surface area (TPSA) is 105 Å². The number of methoxy groups -OCH3 is 2. The van der Waals surface area contributed by atoms with Crippen molar-refractivity contribution in [1.82, 2.24) is 9.80 Å². The number of hydrogen-bond acceptors (Lipinski definition) is 8. The number of carbonyl (C=O) groups excluding carboxylic acids is 2. The zero-order valence-electron chi connectivity index (χ0n) is 22.8. The maximum Gasteiger partial charge on any atom is 0.129 e. The van der Waals surface area contributed by atoms with Gasteiger partial charge in [0.15, 0.2) is 0 Å². The van der Waals surface area contributed by atoms with Crippen LogP contribution in [0.15, 0.2) is 97.1 Å². The van der Waals surface area contributed by atoms with E-state index in [1.165, 1.54) is 11.1 Å². The van der Waals surface area contributed by atoms with Crippen molar-refractivity contribution in [3.05, 3.63) is 114 Å². The largest absolute Gasteiger partial charge is 0.545 e. The van der Waals surface area contributed by atoms with Gasteiger partial charge in [-0.05, 0) is 35.4 Å². The van der Waals surface area contributed by atoms with E-state index in [0.717, 1.165) is 49.8 Å². The molecule has 0 aromatic heterocycles. The highest BCUT2D eigenvalue weighted by molar-refractivity contribution is 5.87. The standard InChI is InChI=1S/C28H32N2O2.C4H4O4/c1-31-26-16-15-23(27(22-26)32-2)14-9-17-29-18-20-30(21-19-29)28(24-10-5-3-6-11-24)25-12-7-4-8-13-25;5-3(6)1-2-4(7)8/h3-16,22,28H,17-21H2,1-2H3;1-2H,(H,5,6)(H,7,8)/p-2. The Kier molecular flexibility index (Phi) is 12.0. The van der Waals surface area contributed by atoms with Crippen molar-refractivity contribution in [3.63, 3.8) is 0 Å². The van der Waals surface area contributed by atoms with Crippen molar-refractivity contribution in [3.8, 4) is 11.5 Å². The highest BCUT2D eigenvalue weighted by atomic mass is 16.5. The number of ether oxygens (including phenoxy) is 2. The molecule has 0 spiro atoms. The lowest BCUT2D eigenvalue weighted by Gasteiger charge is -2.39. The van der Waals surface area contributed by atoms with E-state index in [9.17, 15) is 19.8 Å². The molecule has 0 radical (unpaired) electrons. The van der Waals surface area contributed by atoms with Gasteiger partial charge in [-0.15, -0.1) is 0 Å². The Morgan fingerprint density at radius 2 is 1.35 bits per heavy atom. The van der Waals surface area contributed by atoms with Crippen LogP contribution in [0.4, 0.5) is 0 Å². The first kappa shape index (κ1) is 30.1. The molecule has 3 aromatic carbocycles. The Hall–Kier alpha value is -4.40. The van der Waals surface area contributed by atoms with Gasteiger partial charge in [0.2, 0.25) is 0 Å². The van der Waals surface area contributed by atoms with Gasteiger partial charge in [-0.2, -0.15) is 0 Å². The number of rotatable bonds is 10. The monoisotopic (exact) mass is 542 g/mol. The molecule has 0 amide bonds. The third kappa shape index (κ3) is 9.41. The van der Waals surface area contributed by atoms with Crippen LogP contribution in [-0.2, 0) is 9.59 Å². The molecule has 0 bridgehead atoms. The molecule has 210 valence electrons. The molecule has 1 saturated heterocycles. The van der Waals surface area contributed by atoms with Gasteiger partial charge in [0, 0.05) is 44.4 Å². The van der Waals surface area contributed by atoms with Crippen molar-refractivity contribution in [2.45, 2.75) is 6.04 Å². The van der Waals surface area contributed by atoms with Crippen LogP contribution in [0.2, 0.25) is 0 Å². The summed E-state index contributed by atoms with van der Waals surface area (Å²) >= 11 is 0. The lowest BCUT2D eigenvalue weighted by Crippen LogP contribution is -2.47. The van der Waals surface area contributed by atoms with Gasteiger partial charge >= 0.3 is 0 Å². The molecular weight excluding hydrogens is 508 g/mol. The van der Waals surface area contributed by atoms with Gasteiger partial charge in [-0.1, -0.05) is 72.8 Å². The van der Waals surface area contributed by atoms with Crippen LogP contribution < -0.4 is 19.7 Å². The Morgan fingerprint density at radius 3 is 1.82 bits per heavy atom. The summed E-state index contributed by atoms with van der Waals surface area (Å²) in [6.07, 6.45) is 5.14. The second-order valence-electron chi connectivity index (χ2n) is 9.04. The van der Waals surface area contributed by atoms with Gasteiger partial charge in [-0.25, -0.2) is 0 Å². The van der Waals surface area contributed by atoms with Crippen molar-refractivity contribution in [2.24, 2.45) is 0 Å². The van der Waals surface area contributed by atoms with Crippen molar-refractivity contribution < 1.29 is 29.3 Å². The molecule has 0 aliphatic carbocycles. The predicted octanol–water partition coefficient (Wildman–Crippen LogP) is 2.17. The number of benzene rings is 3. The average Bonchev–Trinajstić information content (AvgIpc) is 2.98. The summed E-state index contributed by atoms with van der Waals surface area (Å²) in [6, 6.07) is 27.9. The van der Waals surface area contributed by atoms with Crippen LogP contribution in [0.25, 0.3) is 6.08 Å². The van der Waals surface area contributed by atoms with E-state index in [1.807, 2.05) is 18.2 Å². The zero-order chi connectivity index (χ0) is 28.7. The predicted molar refractivity (Wildman–Crippen MR) is 150 cm³/mol. The Labute approximate surface area is 235 Å².